The minimum absolute atomic E-state index is 0.0261. The van der Waals surface area contributed by atoms with Gasteiger partial charge in [0.15, 0.2) is 6.61 Å². The number of ether oxygens (including phenoxy) is 1. The summed E-state index contributed by atoms with van der Waals surface area (Å²) in [6.45, 7) is 3.28. The van der Waals surface area contributed by atoms with Gasteiger partial charge in [0.1, 0.15) is 0 Å². The lowest BCUT2D eigenvalue weighted by molar-refractivity contribution is -0.144. The van der Waals surface area contributed by atoms with E-state index < -0.39 is 30.2 Å². The highest BCUT2D eigenvalue weighted by atomic mass is 19.4. The molecule has 0 aliphatic carbocycles. The van der Waals surface area contributed by atoms with Gasteiger partial charge in [0.2, 0.25) is 0 Å². The maximum atomic E-state index is 12.5. The molecule has 0 spiro atoms. The number of esters is 1. The number of carbonyl (C=O) groups is 2. The van der Waals surface area contributed by atoms with Gasteiger partial charge >= 0.3 is 12.1 Å². The first-order valence-electron chi connectivity index (χ1n) is 7.03. The van der Waals surface area contributed by atoms with Crippen molar-refractivity contribution in [1.82, 2.24) is 5.32 Å². The van der Waals surface area contributed by atoms with E-state index in [-0.39, 0.29) is 11.6 Å². The lowest BCUT2D eigenvalue weighted by Crippen LogP contribution is -2.35. The molecular formula is C16H18F3NO3. The van der Waals surface area contributed by atoms with Gasteiger partial charge in [-0.2, -0.15) is 13.2 Å². The van der Waals surface area contributed by atoms with E-state index in [0.717, 1.165) is 24.6 Å². The van der Waals surface area contributed by atoms with Crippen molar-refractivity contribution in [1.29, 1.82) is 0 Å². The Bertz CT molecular complexity index is 582. The fraction of sp³-hybridized carbons (Fsp3) is 0.375. The Labute approximate surface area is 132 Å². The number of alkyl halides is 3. The molecule has 1 rings (SSSR count). The van der Waals surface area contributed by atoms with Crippen LogP contribution in [0.25, 0.3) is 6.08 Å². The molecule has 1 aromatic rings. The van der Waals surface area contributed by atoms with Crippen LogP contribution in [0.3, 0.4) is 0 Å². The van der Waals surface area contributed by atoms with Crippen molar-refractivity contribution in [3.05, 3.63) is 41.5 Å². The number of nitrogens with one attached hydrogen (secondary N) is 1. The molecule has 1 amide bonds. The van der Waals surface area contributed by atoms with Crippen LogP contribution in [0.15, 0.2) is 30.3 Å². The lowest BCUT2D eigenvalue weighted by atomic mass is 10.1. The third-order valence-corrected chi connectivity index (χ3v) is 2.99. The molecule has 0 saturated heterocycles. The third kappa shape index (κ3) is 6.99. The number of amides is 1. The highest BCUT2D eigenvalue weighted by Crippen LogP contribution is 2.29. The van der Waals surface area contributed by atoms with Crippen LogP contribution in [-0.2, 0) is 20.5 Å². The summed E-state index contributed by atoms with van der Waals surface area (Å²) in [5, 5.41) is 2.62. The number of carbonyl (C=O) groups excluding carboxylic acids is 2. The van der Waals surface area contributed by atoms with Crippen molar-refractivity contribution in [2.75, 3.05) is 6.61 Å². The summed E-state index contributed by atoms with van der Waals surface area (Å²) in [5.41, 5.74) is -0.596. The van der Waals surface area contributed by atoms with Crippen molar-refractivity contribution < 1.29 is 27.5 Å². The van der Waals surface area contributed by atoms with Gasteiger partial charge in [0.25, 0.3) is 5.91 Å². The second kappa shape index (κ2) is 8.36. The Morgan fingerprint density at radius 2 is 2.04 bits per heavy atom. The standard InChI is InChI=1S/C16H18F3NO3/c1-3-11(2)20-14(21)10-23-15(22)8-7-12-5-4-6-13(9-12)16(17,18)19/h4-9,11H,3,10H2,1-2H3,(H,20,21)/b8-7+/t11-/m1/s1. The molecule has 0 unspecified atom stereocenters. The summed E-state index contributed by atoms with van der Waals surface area (Å²) in [6.07, 6.45) is -1.52. The third-order valence-electron chi connectivity index (χ3n) is 2.99. The molecule has 0 saturated carbocycles. The van der Waals surface area contributed by atoms with Gasteiger partial charge in [-0.1, -0.05) is 19.1 Å². The fourth-order valence-corrected chi connectivity index (χ4v) is 1.59. The monoisotopic (exact) mass is 329 g/mol. The van der Waals surface area contributed by atoms with Crippen LogP contribution in [0.5, 0.6) is 0 Å². The van der Waals surface area contributed by atoms with Crippen molar-refractivity contribution in [2.24, 2.45) is 0 Å². The fourth-order valence-electron chi connectivity index (χ4n) is 1.59. The van der Waals surface area contributed by atoms with E-state index in [4.69, 9.17) is 4.74 Å². The second-order valence-electron chi connectivity index (χ2n) is 4.94. The van der Waals surface area contributed by atoms with Gasteiger partial charge in [-0.25, -0.2) is 4.79 Å². The van der Waals surface area contributed by atoms with Crippen molar-refractivity contribution in [3.8, 4) is 0 Å². The summed E-state index contributed by atoms with van der Waals surface area (Å²) in [5.74, 6) is -1.23. The van der Waals surface area contributed by atoms with E-state index in [1.165, 1.54) is 18.2 Å². The smallest absolute Gasteiger partial charge is 0.416 e. The van der Waals surface area contributed by atoms with Gasteiger partial charge < -0.3 is 10.1 Å². The van der Waals surface area contributed by atoms with Crippen LogP contribution in [-0.4, -0.2) is 24.5 Å². The predicted octanol–water partition coefficient (Wildman–Crippen LogP) is 3.18. The predicted molar refractivity (Wildman–Crippen MR) is 79.3 cm³/mol. The number of hydrogen-bond donors (Lipinski definition) is 1. The molecule has 1 N–H and O–H groups in total. The first kappa shape index (κ1) is 18.7. The zero-order valence-corrected chi connectivity index (χ0v) is 12.8. The molecule has 23 heavy (non-hydrogen) atoms. The average molecular weight is 329 g/mol. The minimum atomic E-state index is -4.45. The highest BCUT2D eigenvalue weighted by Gasteiger charge is 2.30. The Kier molecular flexibility index (Phi) is 6.81. The number of hydrogen-bond acceptors (Lipinski definition) is 3. The quantitative estimate of drug-likeness (QED) is 0.644. The maximum absolute atomic E-state index is 12.5. The van der Waals surface area contributed by atoms with E-state index in [1.54, 1.807) is 0 Å². The molecule has 126 valence electrons. The van der Waals surface area contributed by atoms with Crippen LogP contribution in [0.1, 0.15) is 31.4 Å². The first-order chi connectivity index (χ1) is 10.7. The van der Waals surface area contributed by atoms with Gasteiger partial charge in [-0.15, -0.1) is 0 Å². The molecule has 4 nitrogen and oxygen atoms in total. The van der Waals surface area contributed by atoms with Crippen LogP contribution < -0.4 is 5.32 Å². The Morgan fingerprint density at radius 3 is 2.65 bits per heavy atom. The van der Waals surface area contributed by atoms with Crippen LogP contribution >= 0.6 is 0 Å². The van der Waals surface area contributed by atoms with Crippen molar-refractivity contribution in [2.45, 2.75) is 32.5 Å². The summed E-state index contributed by atoms with van der Waals surface area (Å²) in [4.78, 5) is 22.9. The molecule has 0 fully saturated rings. The Hall–Kier alpha value is -2.31. The second-order valence-corrected chi connectivity index (χ2v) is 4.94. The molecule has 0 bridgehead atoms. The van der Waals surface area contributed by atoms with E-state index >= 15 is 0 Å². The molecule has 0 aliphatic rings. The number of benzene rings is 1. The molecule has 7 heteroatoms. The zero-order valence-electron chi connectivity index (χ0n) is 12.8. The molecular weight excluding hydrogens is 311 g/mol. The van der Waals surface area contributed by atoms with E-state index in [9.17, 15) is 22.8 Å². The normalized spacial score (nSPS) is 12.9. The van der Waals surface area contributed by atoms with Gasteiger partial charge in [0.05, 0.1) is 5.56 Å². The summed E-state index contributed by atoms with van der Waals surface area (Å²) >= 11 is 0. The Morgan fingerprint density at radius 1 is 1.35 bits per heavy atom. The van der Waals surface area contributed by atoms with Crippen molar-refractivity contribution in [3.63, 3.8) is 0 Å². The van der Waals surface area contributed by atoms with E-state index in [1.807, 2.05) is 13.8 Å². The van der Waals surface area contributed by atoms with Crippen LogP contribution in [0, 0.1) is 0 Å². The Balaban J connectivity index is 2.54. The van der Waals surface area contributed by atoms with Gasteiger partial charge in [0, 0.05) is 12.1 Å². The topological polar surface area (TPSA) is 55.4 Å². The van der Waals surface area contributed by atoms with Gasteiger partial charge in [-0.05, 0) is 37.1 Å². The van der Waals surface area contributed by atoms with E-state index in [2.05, 4.69) is 5.32 Å². The molecule has 0 radical (unpaired) electrons. The lowest BCUT2D eigenvalue weighted by Gasteiger charge is -2.10. The summed E-state index contributed by atoms with van der Waals surface area (Å²) in [7, 11) is 0. The molecule has 0 aromatic heterocycles. The number of rotatable bonds is 6. The maximum Gasteiger partial charge on any atom is 0.416 e. The zero-order chi connectivity index (χ0) is 17.5. The molecule has 0 aliphatic heterocycles. The SMILES string of the molecule is CC[C@@H](C)NC(=O)COC(=O)/C=C/c1cccc(C(F)(F)F)c1. The first-order valence-corrected chi connectivity index (χ1v) is 7.03. The minimum Gasteiger partial charge on any atom is -0.452 e. The summed E-state index contributed by atoms with van der Waals surface area (Å²) in [6, 6.07) is 4.50. The molecule has 1 atom stereocenters. The van der Waals surface area contributed by atoms with Crippen LogP contribution in [0.2, 0.25) is 0 Å². The van der Waals surface area contributed by atoms with Crippen LogP contribution in [0.4, 0.5) is 13.2 Å². The average Bonchev–Trinajstić information content (AvgIpc) is 2.50. The molecule has 0 heterocycles. The van der Waals surface area contributed by atoms with Gasteiger partial charge in [-0.3, -0.25) is 4.79 Å². The highest BCUT2D eigenvalue weighted by molar-refractivity contribution is 5.89. The van der Waals surface area contributed by atoms with Crippen molar-refractivity contribution >= 4 is 18.0 Å². The summed E-state index contributed by atoms with van der Waals surface area (Å²) < 4.78 is 42.4. The van der Waals surface area contributed by atoms with E-state index in [0.29, 0.717) is 0 Å². The molecule has 1 aromatic carbocycles. The number of halogens is 3. The largest absolute Gasteiger partial charge is 0.452 e.